The Morgan fingerprint density at radius 1 is 1.47 bits per heavy atom. The van der Waals surface area contributed by atoms with Gasteiger partial charge in [-0.3, -0.25) is 9.69 Å². The molecule has 1 N–H and O–H groups in total. The first-order valence-corrected chi connectivity index (χ1v) is 7.64. The predicted octanol–water partition coefficient (Wildman–Crippen LogP) is 0.605. The van der Waals surface area contributed by atoms with Crippen molar-refractivity contribution in [1.29, 1.82) is 0 Å². The molecule has 0 aromatic rings. The lowest BCUT2D eigenvalue weighted by molar-refractivity contribution is -0.144. The summed E-state index contributed by atoms with van der Waals surface area (Å²) in [6.07, 6.45) is 0.558. The molecule has 1 aliphatic rings. The van der Waals surface area contributed by atoms with Gasteiger partial charge in [-0.1, -0.05) is 13.8 Å². The minimum Gasteiger partial charge on any atom is -0.480 e. The zero-order valence-electron chi connectivity index (χ0n) is 10.6. The van der Waals surface area contributed by atoms with Gasteiger partial charge in [0.15, 0.2) is 9.84 Å². The van der Waals surface area contributed by atoms with E-state index >= 15 is 0 Å². The van der Waals surface area contributed by atoms with E-state index in [0.29, 0.717) is 19.5 Å². The van der Waals surface area contributed by atoms with Crippen molar-refractivity contribution in [2.45, 2.75) is 38.5 Å². The zero-order chi connectivity index (χ0) is 13.2. The van der Waals surface area contributed by atoms with Crippen molar-refractivity contribution in [2.75, 3.05) is 18.8 Å². The third-order valence-electron chi connectivity index (χ3n) is 3.19. The molecule has 0 aromatic carbocycles. The van der Waals surface area contributed by atoms with E-state index in [1.165, 1.54) is 0 Å². The smallest absolute Gasteiger partial charge is 0.320 e. The normalized spacial score (nSPS) is 26.9. The first-order chi connectivity index (χ1) is 7.74. The Bertz CT molecular complexity index is 377. The third-order valence-corrected chi connectivity index (χ3v) is 5.31. The number of carbonyl (C=O) groups is 1. The molecule has 1 rings (SSSR count). The number of hydrogen-bond donors (Lipinski definition) is 1. The summed E-state index contributed by atoms with van der Waals surface area (Å²) in [5.41, 5.74) is 0. The SMILES string of the molecule is CC(C)CC(C(=O)O)N1CCS(=O)(=O)[C@@H](C)C1. The second-order valence-electron chi connectivity index (χ2n) is 5.16. The molecule has 0 spiro atoms. The molecular formula is C11H21NO4S. The maximum absolute atomic E-state index is 11.6. The number of aliphatic carboxylic acids is 1. The van der Waals surface area contributed by atoms with Crippen LogP contribution < -0.4 is 0 Å². The molecule has 1 heterocycles. The Morgan fingerprint density at radius 3 is 2.47 bits per heavy atom. The van der Waals surface area contributed by atoms with Gasteiger partial charge in [-0.15, -0.1) is 0 Å². The second kappa shape index (κ2) is 5.35. The average molecular weight is 263 g/mol. The molecule has 1 saturated heterocycles. The highest BCUT2D eigenvalue weighted by molar-refractivity contribution is 7.92. The van der Waals surface area contributed by atoms with E-state index in [9.17, 15) is 18.3 Å². The van der Waals surface area contributed by atoms with Gasteiger partial charge in [-0.2, -0.15) is 0 Å². The molecule has 1 unspecified atom stereocenters. The van der Waals surface area contributed by atoms with Crippen molar-refractivity contribution in [2.24, 2.45) is 5.92 Å². The molecule has 1 fully saturated rings. The van der Waals surface area contributed by atoms with Gasteiger partial charge in [0.05, 0.1) is 11.0 Å². The van der Waals surface area contributed by atoms with E-state index in [1.807, 2.05) is 13.8 Å². The zero-order valence-corrected chi connectivity index (χ0v) is 11.4. The summed E-state index contributed by atoms with van der Waals surface area (Å²) in [6.45, 7) is 6.25. The van der Waals surface area contributed by atoms with Crippen molar-refractivity contribution in [3.63, 3.8) is 0 Å². The Labute approximate surface area is 103 Å². The quantitative estimate of drug-likeness (QED) is 0.804. The lowest BCUT2D eigenvalue weighted by atomic mass is 10.0. The molecule has 0 aromatic heterocycles. The largest absolute Gasteiger partial charge is 0.480 e. The van der Waals surface area contributed by atoms with E-state index in [1.54, 1.807) is 11.8 Å². The van der Waals surface area contributed by atoms with Crippen LogP contribution in [0.5, 0.6) is 0 Å². The van der Waals surface area contributed by atoms with Gasteiger partial charge in [0.25, 0.3) is 0 Å². The minimum absolute atomic E-state index is 0.0655. The first kappa shape index (κ1) is 14.4. The van der Waals surface area contributed by atoms with Crippen molar-refractivity contribution < 1.29 is 18.3 Å². The Kier molecular flexibility index (Phi) is 4.55. The van der Waals surface area contributed by atoms with E-state index < -0.39 is 27.1 Å². The number of carboxylic acids is 1. The van der Waals surface area contributed by atoms with Gasteiger partial charge in [0, 0.05) is 13.1 Å². The molecule has 0 radical (unpaired) electrons. The van der Waals surface area contributed by atoms with Gasteiger partial charge in [-0.05, 0) is 19.3 Å². The summed E-state index contributed by atoms with van der Waals surface area (Å²) in [6, 6.07) is -0.562. The molecule has 2 atom stereocenters. The Hall–Kier alpha value is -0.620. The van der Waals surface area contributed by atoms with Crippen molar-refractivity contribution >= 4 is 15.8 Å². The molecule has 0 bridgehead atoms. The summed E-state index contributed by atoms with van der Waals surface area (Å²) in [7, 11) is -3.02. The number of nitrogens with zero attached hydrogens (tertiary/aromatic N) is 1. The monoisotopic (exact) mass is 263 g/mol. The van der Waals surface area contributed by atoms with E-state index in [-0.39, 0.29) is 11.7 Å². The van der Waals surface area contributed by atoms with Crippen molar-refractivity contribution in [3.05, 3.63) is 0 Å². The van der Waals surface area contributed by atoms with Crippen LogP contribution in [-0.4, -0.2) is 54.5 Å². The molecule has 100 valence electrons. The highest BCUT2D eigenvalue weighted by Gasteiger charge is 2.35. The topological polar surface area (TPSA) is 74.7 Å². The standard InChI is InChI=1S/C11H21NO4S/c1-8(2)6-10(11(13)14)12-4-5-17(15,16)9(3)7-12/h8-10H,4-7H2,1-3H3,(H,13,14)/t9-,10?/m0/s1. The van der Waals surface area contributed by atoms with Crippen molar-refractivity contribution in [1.82, 2.24) is 4.90 Å². The maximum atomic E-state index is 11.6. The predicted molar refractivity (Wildman–Crippen MR) is 65.7 cm³/mol. The molecule has 17 heavy (non-hydrogen) atoms. The van der Waals surface area contributed by atoms with Crippen LogP contribution in [0, 0.1) is 5.92 Å². The second-order valence-corrected chi connectivity index (χ2v) is 7.69. The lowest BCUT2D eigenvalue weighted by Crippen LogP contribution is -2.52. The molecule has 5 nitrogen and oxygen atoms in total. The summed E-state index contributed by atoms with van der Waals surface area (Å²) >= 11 is 0. The molecule has 1 aliphatic heterocycles. The highest BCUT2D eigenvalue weighted by atomic mass is 32.2. The van der Waals surface area contributed by atoms with E-state index in [2.05, 4.69) is 0 Å². The molecule has 0 aliphatic carbocycles. The number of hydrogen-bond acceptors (Lipinski definition) is 4. The van der Waals surface area contributed by atoms with Gasteiger partial charge < -0.3 is 5.11 Å². The van der Waals surface area contributed by atoms with Gasteiger partial charge in [-0.25, -0.2) is 8.42 Å². The van der Waals surface area contributed by atoms with Crippen LogP contribution in [-0.2, 0) is 14.6 Å². The Balaban J connectivity index is 2.75. The van der Waals surface area contributed by atoms with Crippen LogP contribution in [0.4, 0.5) is 0 Å². The van der Waals surface area contributed by atoms with Crippen molar-refractivity contribution in [3.8, 4) is 0 Å². The van der Waals surface area contributed by atoms with Crippen LogP contribution in [0.2, 0.25) is 0 Å². The van der Waals surface area contributed by atoms with Crippen LogP contribution in [0.3, 0.4) is 0 Å². The molecule has 0 amide bonds. The number of carboxylic acid groups (broad SMARTS) is 1. The lowest BCUT2D eigenvalue weighted by Gasteiger charge is -2.35. The number of sulfone groups is 1. The van der Waals surface area contributed by atoms with E-state index in [0.717, 1.165) is 0 Å². The fourth-order valence-electron chi connectivity index (χ4n) is 2.12. The maximum Gasteiger partial charge on any atom is 0.320 e. The molecular weight excluding hydrogens is 242 g/mol. The number of rotatable bonds is 4. The minimum atomic E-state index is -3.02. The van der Waals surface area contributed by atoms with Gasteiger partial charge >= 0.3 is 5.97 Å². The molecule has 6 heteroatoms. The highest BCUT2D eigenvalue weighted by Crippen LogP contribution is 2.18. The van der Waals surface area contributed by atoms with E-state index in [4.69, 9.17) is 0 Å². The van der Waals surface area contributed by atoms with Crippen LogP contribution >= 0.6 is 0 Å². The first-order valence-electron chi connectivity index (χ1n) is 5.92. The summed E-state index contributed by atoms with van der Waals surface area (Å²) < 4.78 is 23.1. The fraction of sp³-hybridized carbons (Fsp3) is 0.909. The van der Waals surface area contributed by atoms with Crippen LogP contribution in [0.25, 0.3) is 0 Å². The van der Waals surface area contributed by atoms with Crippen LogP contribution in [0.1, 0.15) is 27.2 Å². The summed E-state index contributed by atoms with van der Waals surface area (Å²) in [4.78, 5) is 13.0. The third kappa shape index (κ3) is 3.67. The van der Waals surface area contributed by atoms with Gasteiger partial charge in [0.1, 0.15) is 6.04 Å². The fourth-order valence-corrected chi connectivity index (χ4v) is 3.43. The molecule has 0 saturated carbocycles. The Morgan fingerprint density at radius 2 is 2.06 bits per heavy atom. The average Bonchev–Trinajstić information content (AvgIpc) is 2.18. The van der Waals surface area contributed by atoms with Crippen LogP contribution in [0.15, 0.2) is 0 Å². The summed E-state index contributed by atoms with van der Waals surface area (Å²) in [5, 5.41) is 8.73. The van der Waals surface area contributed by atoms with Gasteiger partial charge in [0.2, 0.25) is 0 Å². The summed E-state index contributed by atoms with van der Waals surface area (Å²) in [5.74, 6) is -0.508.